The van der Waals surface area contributed by atoms with Crippen molar-refractivity contribution in [3.63, 3.8) is 0 Å². The number of aryl methyl sites for hydroxylation is 1. The van der Waals surface area contributed by atoms with E-state index in [0.29, 0.717) is 5.88 Å². The van der Waals surface area contributed by atoms with Crippen molar-refractivity contribution in [1.82, 2.24) is 4.98 Å². The smallest absolute Gasteiger partial charge is 0.138 e. The lowest BCUT2D eigenvalue weighted by Gasteiger charge is -2.12. The number of pyridine rings is 1. The van der Waals surface area contributed by atoms with Crippen molar-refractivity contribution < 1.29 is 4.74 Å². The number of hydrogen-bond acceptors (Lipinski definition) is 2. The molecule has 0 fully saturated rings. The summed E-state index contributed by atoms with van der Waals surface area (Å²) in [6, 6.07) is 15.8. The van der Waals surface area contributed by atoms with Crippen LogP contribution in [0, 0.1) is 6.92 Å². The third-order valence-electron chi connectivity index (χ3n) is 3.24. The average molecular weight is 363 g/mol. The summed E-state index contributed by atoms with van der Waals surface area (Å²) in [5, 5.41) is 0.978. The number of nitrogens with zero attached hydrogens (tertiary/aromatic N) is 1. The normalized spacial score (nSPS) is 10.8. The number of ether oxygens (including phenoxy) is 1. The van der Waals surface area contributed by atoms with Crippen LogP contribution in [0.25, 0.3) is 10.9 Å². The Morgan fingerprint density at radius 1 is 1.10 bits per heavy atom. The third-order valence-corrected chi connectivity index (χ3v) is 4.01. The average Bonchev–Trinajstić information content (AvgIpc) is 2.50. The van der Waals surface area contributed by atoms with Gasteiger partial charge in [-0.05, 0) is 36.8 Å². The van der Waals surface area contributed by atoms with Crippen molar-refractivity contribution in [2.45, 2.75) is 12.8 Å². The molecule has 0 saturated heterocycles. The fourth-order valence-corrected chi connectivity index (χ4v) is 2.63. The fourth-order valence-electron chi connectivity index (χ4n) is 2.15. The van der Waals surface area contributed by atoms with Crippen molar-refractivity contribution in [1.29, 1.82) is 0 Å². The van der Waals surface area contributed by atoms with E-state index in [-0.39, 0.29) is 0 Å². The van der Waals surface area contributed by atoms with E-state index in [9.17, 15) is 0 Å². The van der Waals surface area contributed by atoms with Crippen LogP contribution in [-0.2, 0) is 5.88 Å². The molecule has 0 radical (unpaired) electrons. The maximum absolute atomic E-state index is 6.12. The first kappa shape index (κ1) is 14.4. The van der Waals surface area contributed by atoms with E-state index >= 15 is 0 Å². The predicted molar refractivity (Wildman–Crippen MR) is 90.3 cm³/mol. The van der Waals surface area contributed by atoms with Crippen molar-refractivity contribution in [3.05, 3.63) is 64.3 Å². The number of para-hydroxylation sites is 1. The molecule has 0 aliphatic rings. The molecular weight excluding hydrogens is 350 g/mol. The first-order valence-electron chi connectivity index (χ1n) is 6.56. The Morgan fingerprint density at radius 3 is 2.71 bits per heavy atom. The highest BCUT2D eigenvalue weighted by Crippen LogP contribution is 2.33. The molecule has 4 heteroatoms. The number of hydrogen-bond donors (Lipinski definition) is 0. The Hall–Kier alpha value is -1.58. The number of benzene rings is 2. The Labute approximate surface area is 136 Å². The largest absolute Gasteiger partial charge is 0.456 e. The van der Waals surface area contributed by atoms with E-state index < -0.39 is 0 Å². The minimum atomic E-state index is 0.360. The second kappa shape index (κ2) is 6.04. The minimum Gasteiger partial charge on any atom is -0.456 e. The van der Waals surface area contributed by atoms with Crippen LogP contribution in [-0.4, -0.2) is 4.98 Å². The van der Waals surface area contributed by atoms with Crippen LogP contribution in [0.15, 0.2) is 53.0 Å². The van der Waals surface area contributed by atoms with Gasteiger partial charge in [0.05, 0.1) is 17.1 Å². The molecule has 1 heterocycles. The molecule has 0 N–H and O–H groups in total. The molecule has 0 atom stereocenters. The van der Waals surface area contributed by atoms with E-state index in [1.165, 1.54) is 0 Å². The summed E-state index contributed by atoms with van der Waals surface area (Å²) in [5.41, 5.74) is 2.77. The molecule has 1 aromatic heterocycles. The lowest BCUT2D eigenvalue weighted by molar-refractivity contribution is 0.483. The summed E-state index contributed by atoms with van der Waals surface area (Å²) in [5.74, 6) is 1.96. The fraction of sp³-hybridized carbons (Fsp3) is 0.118. The second-order valence-electron chi connectivity index (χ2n) is 4.77. The summed E-state index contributed by atoms with van der Waals surface area (Å²) in [4.78, 5) is 4.51. The molecule has 0 aliphatic carbocycles. The van der Waals surface area contributed by atoms with Crippen LogP contribution in [0.5, 0.6) is 11.5 Å². The molecule has 3 rings (SSSR count). The molecule has 0 aliphatic heterocycles. The first-order valence-corrected chi connectivity index (χ1v) is 7.89. The molecular formula is C17H13BrClNO. The molecule has 106 valence electrons. The topological polar surface area (TPSA) is 22.1 Å². The van der Waals surface area contributed by atoms with Crippen LogP contribution in [0.2, 0.25) is 0 Å². The maximum atomic E-state index is 6.12. The standard InChI is InChI=1S/C17H13BrClNO/c1-11-6-7-12(18)8-16(11)21-17-9-13(10-19)20-15-5-3-2-4-14(15)17/h2-9H,10H2,1H3. The van der Waals surface area contributed by atoms with Crippen LogP contribution in [0.1, 0.15) is 11.3 Å². The third kappa shape index (κ3) is 3.04. The van der Waals surface area contributed by atoms with Crippen molar-refractivity contribution >= 4 is 38.4 Å². The van der Waals surface area contributed by atoms with Crippen LogP contribution in [0.3, 0.4) is 0 Å². The Balaban J connectivity index is 2.13. The predicted octanol–water partition coefficient (Wildman–Crippen LogP) is 5.84. The summed E-state index contributed by atoms with van der Waals surface area (Å²) in [6.07, 6.45) is 0. The molecule has 2 aromatic carbocycles. The molecule has 0 bridgehead atoms. The van der Waals surface area contributed by atoms with Gasteiger partial charge in [0.25, 0.3) is 0 Å². The summed E-state index contributed by atoms with van der Waals surface area (Å²) < 4.78 is 7.10. The lowest BCUT2D eigenvalue weighted by Crippen LogP contribution is -1.93. The SMILES string of the molecule is Cc1ccc(Br)cc1Oc1cc(CCl)nc2ccccc12. The molecule has 2 nitrogen and oxygen atoms in total. The van der Waals surface area contributed by atoms with Gasteiger partial charge in [-0.15, -0.1) is 11.6 Å². The van der Waals surface area contributed by atoms with Crippen molar-refractivity contribution in [3.8, 4) is 11.5 Å². The highest BCUT2D eigenvalue weighted by molar-refractivity contribution is 9.10. The zero-order valence-corrected chi connectivity index (χ0v) is 13.8. The Bertz CT molecular complexity index is 804. The molecule has 0 unspecified atom stereocenters. The van der Waals surface area contributed by atoms with Crippen LogP contribution in [0.4, 0.5) is 0 Å². The van der Waals surface area contributed by atoms with E-state index in [2.05, 4.69) is 20.9 Å². The quantitative estimate of drug-likeness (QED) is 0.546. The first-order chi connectivity index (χ1) is 10.2. The van der Waals surface area contributed by atoms with E-state index in [4.69, 9.17) is 16.3 Å². The van der Waals surface area contributed by atoms with Gasteiger partial charge in [-0.1, -0.05) is 34.1 Å². The van der Waals surface area contributed by atoms with Crippen LogP contribution < -0.4 is 4.74 Å². The minimum absolute atomic E-state index is 0.360. The van der Waals surface area contributed by atoms with Gasteiger partial charge < -0.3 is 4.74 Å². The number of aromatic nitrogens is 1. The zero-order valence-electron chi connectivity index (χ0n) is 11.4. The highest BCUT2D eigenvalue weighted by atomic mass is 79.9. The number of rotatable bonds is 3. The Morgan fingerprint density at radius 2 is 1.90 bits per heavy atom. The number of fused-ring (bicyclic) bond motifs is 1. The summed E-state index contributed by atoms with van der Waals surface area (Å²) >= 11 is 9.41. The van der Waals surface area contributed by atoms with Gasteiger partial charge in [0, 0.05) is 15.9 Å². The van der Waals surface area contributed by atoms with Crippen LogP contribution >= 0.6 is 27.5 Å². The Kier molecular flexibility index (Phi) is 4.13. The zero-order chi connectivity index (χ0) is 14.8. The lowest BCUT2D eigenvalue weighted by atomic mass is 10.1. The van der Waals surface area contributed by atoms with E-state index in [1.54, 1.807) is 0 Å². The van der Waals surface area contributed by atoms with Gasteiger partial charge in [0.1, 0.15) is 11.5 Å². The van der Waals surface area contributed by atoms with Crippen molar-refractivity contribution in [2.75, 3.05) is 0 Å². The van der Waals surface area contributed by atoms with Gasteiger partial charge in [-0.25, -0.2) is 0 Å². The van der Waals surface area contributed by atoms with Gasteiger partial charge in [-0.2, -0.15) is 0 Å². The van der Waals surface area contributed by atoms with Gasteiger partial charge in [0.2, 0.25) is 0 Å². The van der Waals surface area contributed by atoms with Gasteiger partial charge in [0.15, 0.2) is 0 Å². The van der Waals surface area contributed by atoms with Crippen molar-refractivity contribution in [2.24, 2.45) is 0 Å². The van der Waals surface area contributed by atoms with E-state index in [0.717, 1.165) is 38.1 Å². The molecule has 0 amide bonds. The van der Waals surface area contributed by atoms with Gasteiger partial charge in [-0.3, -0.25) is 4.98 Å². The second-order valence-corrected chi connectivity index (χ2v) is 5.96. The molecule has 0 spiro atoms. The number of alkyl halides is 1. The highest BCUT2D eigenvalue weighted by Gasteiger charge is 2.09. The number of halogens is 2. The molecule has 3 aromatic rings. The molecule has 21 heavy (non-hydrogen) atoms. The summed E-state index contributed by atoms with van der Waals surface area (Å²) in [7, 11) is 0. The van der Waals surface area contributed by atoms with E-state index in [1.807, 2.05) is 55.5 Å². The monoisotopic (exact) mass is 361 g/mol. The molecule has 0 saturated carbocycles. The maximum Gasteiger partial charge on any atom is 0.138 e. The van der Waals surface area contributed by atoms with Gasteiger partial charge >= 0.3 is 0 Å². The summed E-state index contributed by atoms with van der Waals surface area (Å²) in [6.45, 7) is 2.02.